The van der Waals surface area contributed by atoms with Gasteiger partial charge in [0, 0.05) is 21.0 Å². The van der Waals surface area contributed by atoms with E-state index < -0.39 is 11.9 Å². The van der Waals surface area contributed by atoms with Crippen LogP contribution in [0.3, 0.4) is 0 Å². The Balaban J connectivity index is 1.71. The van der Waals surface area contributed by atoms with Gasteiger partial charge in [0.1, 0.15) is 16.3 Å². The molecule has 6 rings (SSSR count). The van der Waals surface area contributed by atoms with Gasteiger partial charge in [-0.1, -0.05) is 70.2 Å². The lowest BCUT2D eigenvalue weighted by atomic mass is 9.92. The maximum atomic E-state index is 13.4. The highest BCUT2D eigenvalue weighted by Gasteiger charge is 2.33. The number of imidazole rings is 1. The van der Waals surface area contributed by atoms with Crippen LogP contribution in [0.25, 0.3) is 48.4 Å². The van der Waals surface area contributed by atoms with Crippen molar-refractivity contribution >= 4 is 42.7 Å². The smallest absolute Gasteiger partial charge is 0.292 e. The van der Waals surface area contributed by atoms with Gasteiger partial charge in [-0.25, -0.2) is 9.97 Å². The Hall–Kier alpha value is -3.71. The minimum atomic E-state index is -4.49. The van der Waals surface area contributed by atoms with Gasteiger partial charge < -0.3 is 0 Å². The van der Waals surface area contributed by atoms with Crippen molar-refractivity contribution < 1.29 is 13.2 Å². The molecule has 0 unspecified atom stereocenters. The quantitative estimate of drug-likeness (QED) is 0.228. The number of para-hydroxylation sites is 3. The predicted molar refractivity (Wildman–Crippen MR) is 150 cm³/mol. The first-order valence-corrected chi connectivity index (χ1v) is 13.5. The zero-order valence-electron chi connectivity index (χ0n) is 21.5. The average molecular weight is 530 g/mol. The summed E-state index contributed by atoms with van der Waals surface area (Å²) in [5, 5.41) is 1.59. The lowest BCUT2D eigenvalue weighted by Crippen LogP contribution is -2.08. The van der Waals surface area contributed by atoms with Crippen molar-refractivity contribution in [3.05, 3.63) is 89.6 Å². The minimum absolute atomic E-state index is 0.280. The van der Waals surface area contributed by atoms with Gasteiger partial charge in [0.2, 0.25) is 0 Å². The van der Waals surface area contributed by atoms with Crippen molar-refractivity contribution in [3.8, 4) is 17.1 Å². The number of benzene rings is 3. The molecule has 0 atom stereocenters. The fourth-order valence-corrected chi connectivity index (χ4v) is 6.40. The largest absolute Gasteiger partial charge is 0.433 e. The summed E-state index contributed by atoms with van der Waals surface area (Å²) in [6.45, 7) is 8.77. The monoisotopic (exact) mass is 529 g/mol. The number of pyridine rings is 1. The van der Waals surface area contributed by atoms with E-state index in [9.17, 15) is 13.2 Å². The van der Waals surface area contributed by atoms with E-state index in [1.165, 1.54) is 28.5 Å². The summed E-state index contributed by atoms with van der Waals surface area (Å²) in [6.07, 6.45) is -4.49. The second kappa shape index (κ2) is 8.95. The van der Waals surface area contributed by atoms with Gasteiger partial charge in [-0.2, -0.15) is 13.2 Å². The van der Waals surface area contributed by atoms with Crippen LogP contribution in [0.1, 0.15) is 56.4 Å². The molecule has 0 aliphatic heterocycles. The van der Waals surface area contributed by atoms with E-state index in [-0.39, 0.29) is 11.8 Å². The number of aromatic nitrogens is 3. The van der Waals surface area contributed by atoms with E-state index in [0.717, 1.165) is 44.3 Å². The van der Waals surface area contributed by atoms with E-state index in [0.29, 0.717) is 10.2 Å². The van der Waals surface area contributed by atoms with Crippen molar-refractivity contribution in [1.29, 1.82) is 0 Å². The summed E-state index contributed by atoms with van der Waals surface area (Å²) in [5.74, 6) is 1.33. The lowest BCUT2D eigenvalue weighted by molar-refractivity contribution is -0.140. The number of hydrogen-bond donors (Lipinski definition) is 0. The molecule has 0 fully saturated rings. The van der Waals surface area contributed by atoms with Crippen LogP contribution >= 0.6 is 11.3 Å². The summed E-state index contributed by atoms with van der Waals surface area (Å²) >= 11 is 1.28. The third-order valence-electron chi connectivity index (χ3n) is 7.02. The van der Waals surface area contributed by atoms with Gasteiger partial charge in [-0.05, 0) is 53.3 Å². The summed E-state index contributed by atoms with van der Waals surface area (Å²) in [6, 6.07) is 23.0. The molecule has 0 saturated carbocycles. The minimum Gasteiger partial charge on any atom is -0.292 e. The van der Waals surface area contributed by atoms with Crippen molar-refractivity contribution in [2.24, 2.45) is 0 Å². The van der Waals surface area contributed by atoms with Crippen molar-refractivity contribution in [1.82, 2.24) is 14.5 Å². The molecule has 192 valence electrons. The van der Waals surface area contributed by atoms with E-state index in [4.69, 9.17) is 4.98 Å². The fraction of sp³-hybridized carbons (Fsp3) is 0.226. The Morgan fingerprint density at radius 2 is 1.42 bits per heavy atom. The second-order valence-electron chi connectivity index (χ2n) is 10.2. The van der Waals surface area contributed by atoms with Crippen LogP contribution in [0.2, 0.25) is 0 Å². The topological polar surface area (TPSA) is 30.7 Å². The van der Waals surface area contributed by atoms with Crippen LogP contribution < -0.4 is 0 Å². The van der Waals surface area contributed by atoms with Crippen LogP contribution in [0.4, 0.5) is 13.2 Å². The van der Waals surface area contributed by atoms with E-state index in [1.807, 2.05) is 36.4 Å². The lowest BCUT2D eigenvalue weighted by Gasteiger charge is -2.22. The highest BCUT2D eigenvalue weighted by Crippen LogP contribution is 2.43. The molecule has 3 heterocycles. The maximum Gasteiger partial charge on any atom is 0.433 e. The van der Waals surface area contributed by atoms with E-state index in [2.05, 4.69) is 61.5 Å². The Morgan fingerprint density at radius 1 is 0.737 bits per heavy atom. The number of rotatable bonds is 4. The summed E-state index contributed by atoms with van der Waals surface area (Å²) in [5.41, 5.74) is 5.43. The fourth-order valence-electron chi connectivity index (χ4n) is 5.22. The molecule has 0 aliphatic carbocycles. The molecule has 38 heavy (non-hydrogen) atoms. The van der Waals surface area contributed by atoms with Crippen molar-refractivity contribution in [2.45, 2.75) is 45.7 Å². The predicted octanol–water partition coefficient (Wildman–Crippen LogP) is 9.72. The first-order chi connectivity index (χ1) is 18.1. The summed E-state index contributed by atoms with van der Waals surface area (Å²) in [7, 11) is 0. The highest BCUT2D eigenvalue weighted by atomic mass is 32.1. The number of alkyl halides is 3. The normalized spacial score (nSPS) is 12.6. The molecule has 3 nitrogen and oxygen atoms in total. The van der Waals surface area contributed by atoms with E-state index >= 15 is 0 Å². The van der Waals surface area contributed by atoms with Gasteiger partial charge in [-0.3, -0.25) is 4.57 Å². The average Bonchev–Trinajstić information content (AvgIpc) is 3.45. The molecule has 0 amide bonds. The molecule has 0 spiro atoms. The first kappa shape index (κ1) is 24.6. The second-order valence-corrected chi connectivity index (χ2v) is 11.2. The zero-order chi connectivity index (χ0) is 26.8. The van der Waals surface area contributed by atoms with E-state index in [1.54, 1.807) is 0 Å². The molecular weight excluding hydrogens is 503 g/mol. The van der Waals surface area contributed by atoms with Gasteiger partial charge in [0.25, 0.3) is 0 Å². The third kappa shape index (κ3) is 3.88. The molecule has 0 radical (unpaired) electrons. The molecular formula is C31H26F3N3S. The maximum absolute atomic E-state index is 13.4. The standard InChI is InChI=1S/C31H26F3N3S/c1-17(2)19-9-7-10-20(18(3)4)27(19)37-25-14-6-5-13-24(25)35-29(37)23-12-8-11-21-22-15-16-26(31(32,33)34)36-30(22)38-28(21)23/h5-18H,1-4H3. The molecule has 6 aromatic rings. The van der Waals surface area contributed by atoms with Crippen LogP contribution in [0.15, 0.2) is 72.8 Å². The molecule has 7 heteroatoms. The number of nitrogens with zero attached hydrogens (tertiary/aromatic N) is 3. The molecule has 0 saturated heterocycles. The number of thiophene rings is 1. The highest BCUT2D eigenvalue weighted by molar-refractivity contribution is 7.26. The molecule has 3 aromatic carbocycles. The number of hydrogen-bond acceptors (Lipinski definition) is 3. The van der Waals surface area contributed by atoms with Crippen LogP contribution in [0, 0.1) is 0 Å². The van der Waals surface area contributed by atoms with Crippen molar-refractivity contribution in [3.63, 3.8) is 0 Å². The molecule has 3 aromatic heterocycles. The molecule has 0 N–H and O–H groups in total. The summed E-state index contributed by atoms with van der Waals surface area (Å²) < 4.78 is 43.3. The van der Waals surface area contributed by atoms with Crippen molar-refractivity contribution in [2.75, 3.05) is 0 Å². The zero-order valence-corrected chi connectivity index (χ0v) is 22.3. The van der Waals surface area contributed by atoms with Gasteiger partial charge in [-0.15, -0.1) is 11.3 Å². The Bertz CT molecular complexity index is 1800. The first-order valence-electron chi connectivity index (χ1n) is 12.7. The Labute approximate surface area is 222 Å². The van der Waals surface area contributed by atoms with Crippen LogP contribution in [0.5, 0.6) is 0 Å². The van der Waals surface area contributed by atoms with Gasteiger partial charge >= 0.3 is 6.18 Å². The Kier molecular flexibility index (Phi) is 5.80. The molecule has 0 aliphatic rings. The SMILES string of the molecule is CC(C)c1cccc(C(C)C)c1-n1c(-c2cccc3c2sc2nc(C(F)(F)F)ccc23)nc2ccccc21. The number of halogens is 3. The Morgan fingerprint density at radius 3 is 2.11 bits per heavy atom. The summed E-state index contributed by atoms with van der Waals surface area (Å²) in [4.78, 5) is 9.46. The third-order valence-corrected chi connectivity index (χ3v) is 8.17. The van der Waals surface area contributed by atoms with Crippen LogP contribution in [-0.4, -0.2) is 14.5 Å². The van der Waals surface area contributed by atoms with Gasteiger partial charge in [0.05, 0.1) is 16.7 Å². The molecule has 0 bridgehead atoms. The van der Waals surface area contributed by atoms with Gasteiger partial charge in [0.15, 0.2) is 0 Å². The number of fused-ring (bicyclic) bond motifs is 4. The van der Waals surface area contributed by atoms with Crippen LogP contribution in [-0.2, 0) is 6.18 Å².